The molecule has 0 aliphatic carbocycles. The molecule has 1 N–H and O–H groups in total. The summed E-state index contributed by atoms with van der Waals surface area (Å²) in [5.74, 6) is -0.259. The lowest BCUT2D eigenvalue weighted by atomic mass is 10.0. The van der Waals surface area contributed by atoms with E-state index in [9.17, 15) is 22.8 Å². The number of piperazine rings is 1. The molecule has 2 heterocycles. The van der Waals surface area contributed by atoms with Crippen molar-refractivity contribution in [2.45, 2.75) is 12.2 Å². The van der Waals surface area contributed by atoms with Gasteiger partial charge >= 0.3 is 12.2 Å². The van der Waals surface area contributed by atoms with Crippen LogP contribution < -0.4 is 5.32 Å². The fourth-order valence-electron chi connectivity index (χ4n) is 2.87. The third-order valence-electron chi connectivity index (χ3n) is 4.29. The normalized spacial score (nSPS) is 17.8. The van der Waals surface area contributed by atoms with E-state index in [4.69, 9.17) is 0 Å². The summed E-state index contributed by atoms with van der Waals surface area (Å²) in [5.41, 5.74) is -0.422. The topological polar surface area (TPSA) is 65.5 Å². The Balaban J connectivity index is 1.85. The molecule has 9 heteroatoms. The van der Waals surface area contributed by atoms with Crippen molar-refractivity contribution in [3.8, 4) is 0 Å². The quantitative estimate of drug-likeness (QED) is 0.873. The Labute approximate surface area is 153 Å². The molecule has 1 aliphatic rings. The molecule has 0 spiro atoms. The number of alkyl halides is 3. The predicted molar refractivity (Wildman–Crippen MR) is 91.8 cm³/mol. The number of likely N-dealkylation sites (N-methyl/N-ethyl adjacent to an activating group) is 1. The number of aromatic nitrogens is 1. The fraction of sp³-hybridized carbons (Fsp3) is 0.278. The van der Waals surface area contributed by atoms with Crippen LogP contribution in [-0.2, 0) is 11.0 Å². The Kier molecular flexibility index (Phi) is 5.02. The van der Waals surface area contributed by atoms with Crippen molar-refractivity contribution in [1.29, 1.82) is 0 Å². The molecule has 0 bridgehead atoms. The van der Waals surface area contributed by atoms with Gasteiger partial charge in [-0.05, 0) is 11.6 Å². The average molecular weight is 378 g/mol. The zero-order valence-electron chi connectivity index (χ0n) is 14.4. The molecular formula is C18H17F3N4O2. The zero-order valence-corrected chi connectivity index (χ0v) is 14.4. The molecule has 1 aliphatic heterocycles. The number of hydrogen-bond acceptors (Lipinski definition) is 3. The van der Waals surface area contributed by atoms with Crippen LogP contribution in [-0.4, -0.2) is 46.9 Å². The Hall–Kier alpha value is -3.10. The van der Waals surface area contributed by atoms with Crippen molar-refractivity contribution in [2.24, 2.45) is 0 Å². The van der Waals surface area contributed by atoms with E-state index in [0.717, 1.165) is 12.3 Å². The maximum Gasteiger partial charge on any atom is 0.417 e. The minimum Gasteiger partial charge on any atom is -0.342 e. The van der Waals surface area contributed by atoms with Crippen LogP contribution in [0.15, 0.2) is 48.8 Å². The maximum absolute atomic E-state index is 12.8. The summed E-state index contributed by atoms with van der Waals surface area (Å²) < 4.78 is 38.5. The molecular weight excluding hydrogens is 361 g/mol. The first kappa shape index (κ1) is 18.7. The number of pyridine rings is 1. The van der Waals surface area contributed by atoms with Gasteiger partial charge in [-0.3, -0.25) is 9.78 Å². The number of hydrogen-bond donors (Lipinski definition) is 1. The van der Waals surface area contributed by atoms with Crippen LogP contribution in [0.25, 0.3) is 0 Å². The second-order valence-electron chi connectivity index (χ2n) is 6.16. The summed E-state index contributed by atoms with van der Waals surface area (Å²) in [5, 5.41) is 2.41. The summed E-state index contributed by atoms with van der Waals surface area (Å²) in [4.78, 5) is 31.7. The number of benzene rings is 1. The number of halogens is 3. The standard InChI is InChI=1S/C18H17F3N4O2/c1-24-7-8-25(15(16(24)26)12-5-3-2-4-6-12)17(27)23-14-9-13(10-22-11-14)18(19,20)21/h2-6,9-11,15H,7-8H2,1H3,(H,23,27). The van der Waals surface area contributed by atoms with Crippen LogP contribution >= 0.6 is 0 Å². The van der Waals surface area contributed by atoms with Gasteiger partial charge in [-0.2, -0.15) is 13.2 Å². The van der Waals surface area contributed by atoms with Gasteiger partial charge in [0.1, 0.15) is 6.04 Å². The minimum atomic E-state index is -4.57. The lowest BCUT2D eigenvalue weighted by Gasteiger charge is -2.39. The molecule has 2 aromatic rings. The Morgan fingerprint density at radius 1 is 1.19 bits per heavy atom. The second kappa shape index (κ2) is 7.26. The molecule has 6 nitrogen and oxygen atoms in total. The van der Waals surface area contributed by atoms with Crippen LogP contribution in [0.5, 0.6) is 0 Å². The highest BCUT2D eigenvalue weighted by Gasteiger charge is 2.37. The molecule has 142 valence electrons. The molecule has 0 saturated carbocycles. The van der Waals surface area contributed by atoms with Crippen LogP contribution in [0, 0.1) is 0 Å². The van der Waals surface area contributed by atoms with Crippen molar-refractivity contribution in [3.63, 3.8) is 0 Å². The first-order chi connectivity index (χ1) is 12.8. The van der Waals surface area contributed by atoms with E-state index in [-0.39, 0.29) is 18.1 Å². The van der Waals surface area contributed by atoms with Crippen molar-refractivity contribution < 1.29 is 22.8 Å². The molecule has 1 aromatic carbocycles. The van der Waals surface area contributed by atoms with E-state index in [1.807, 2.05) is 0 Å². The second-order valence-corrected chi connectivity index (χ2v) is 6.16. The minimum absolute atomic E-state index is 0.0898. The van der Waals surface area contributed by atoms with Gasteiger partial charge in [0.15, 0.2) is 0 Å². The Bertz CT molecular complexity index is 842. The van der Waals surface area contributed by atoms with Crippen LogP contribution in [0.1, 0.15) is 17.2 Å². The monoisotopic (exact) mass is 378 g/mol. The molecule has 3 amide bonds. The molecule has 1 aromatic heterocycles. The number of rotatable bonds is 2. The number of nitrogens with one attached hydrogen (secondary N) is 1. The highest BCUT2D eigenvalue weighted by atomic mass is 19.4. The van der Waals surface area contributed by atoms with Gasteiger partial charge in [0.05, 0.1) is 17.4 Å². The van der Waals surface area contributed by atoms with Crippen molar-refractivity contribution in [1.82, 2.24) is 14.8 Å². The molecule has 1 fully saturated rings. The van der Waals surface area contributed by atoms with Crippen molar-refractivity contribution in [3.05, 3.63) is 59.9 Å². The summed E-state index contributed by atoms with van der Waals surface area (Å²) in [6.45, 7) is 0.580. The fourth-order valence-corrected chi connectivity index (χ4v) is 2.87. The Morgan fingerprint density at radius 3 is 2.56 bits per heavy atom. The van der Waals surface area contributed by atoms with Gasteiger partial charge < -0.3 is 15.1 Å². The average Bonchev–Trinajstić information content (AvgIpc) is 2.64. The van der Waals surface area contributed by atoms with Gasteiger partial charge in [0, 0.05) is 26.3 Å². The highest BCUT2D eigenvalue weighted by molar-refractivity contribution is 5.95. The van der Waals surface area contributed by atoms with Crippen molar-refractivity contribution >= 4 is 17.6 Å². The molecule has 0 radical (unpaired) electrons. The number of nitrogens with zero attached hydrogens (tertiary/aromatic N) is 3. The summed E-state index contributed by atoms with van der Waals surface area (Å²) >= 11 is 0. The van der Waals surface area contributed by atoms with Gasteiger partial charge in [-0.25, -0.2) is 4.79 Å². The first-order valence-corrected chi connectivity index (χ1v) is 8.17. The van der Waals surface area contributed by atoms with Gasteiger partial charge in [-0.1, -0.05) is 30.3 Å². The zero-order chi connectivity index (χ0) is 19.6. The summed E-state index contributed by atoms with van der Waals surface area (Å²) in [6.07, 6.45) is -2.76. The Morgan fingerprint density at radius 2 is 1.89 bits per heavy atom. The predicted octanol–water partition coefficient (Wildman–Crippen LogP) is 3.15. The maximum atomic E-state index is 12.8. The van der Waals surface area contributed by atoms with Crippen molar-refractivity contribution in [2.75, 3.05) is 25.5 Å². The third kappa shape index (κ3) is 4.02. The summed E-state index contributed by atoms with van der Waals surface area (Å²) in [6, 6.07) is 8.06. The smallest absolute Gasteiger partial charge is 0.342 e. The number of carbonyl (C=O) groups is 2. The van der Waals surface area contributed by atoms with E-state index >= 15 is 0 Å². The number of amides is 3. The number of anilines is 1. The molecule has 27 heavy (non-hydrogen) atoms. The molecule has 1 unspecified atom stereocenters. The number of carbonyl (C=O) groups excluding carboxylic acids is 2. The largest absolute Gasteiger partial charge is 0.417 e. The SMILES string of the molecule is CN1CCN(C(=O)Nc2cncc(C(F)(F)F)c2)C(c2ccccc2)C1=O. The molecule has 3 rings (SSSR count). The van der Waals surface area contributed by atoms with Crippen LogP contribution in [0.4, 0.5) is 23.7 Å². The van der Waals surface area contributed by atoms with E-state index < -0.39 is 23.8 Å². The van der Waals surface area contributed by atoms with Gasteiger partial charge in [-0.15, -0.1) is 0 Å². The first-order valence-electron chi connectivity index (χ1n) is 8.17. The van der Waals surface area contributed by atoms with E-state index in [1.54, 1.807) is 37.4 Å². The number of urea groups is 1. The lowest BCUT2D eigenvalue weighted by Crippen LogP contribution is -2.53. The third-order valence-corrected chi connectivity index (χ3v) is 4.29. The van der Waals surface area contributed by atoms with E-state index in [0.29, 0.717) is 18.3 Å². The van der Waals surface area contributed by atoms with Gasteiger partial charge in [0.2, 0.25) is 5.91 Å². The van der Waals surface area contributed by atoms with Crippen LogP contribution in [0.3, 0.4) is 0 Å². The van der Waals surface area contributed by atoms with Gasteiger partial charge in [0.25, 0.3) is 0 Å². The van der Waals surface area contributed by atoms with E-state index in [2.05, 4.69) is 10.3 Å². The van der Waals surface area contributed by atoms with E-state index in [1.165, 1.54) is 9.80 Å². The van der Waals surface area contributed by atoms with Crippen LogP contribution in [0.2, 0.25) is 0 Å². The lowest BCUT2D eigenvalue weighted by molar-refractivity contribution is -0.138. The summed E-state index contributed by atoms with van der Waals surface area (Å²) in [7, 11) is 1.64. The molecule has 1 atom stereocenters. The highest BCUT2D eigenvalue weighted by Crippen LogP contribution is 2.31. The molecule has 1 saturated heterocycles.